The molecule has 0 unspecified atom stereocenters. The molecule has 1 aliphatic rings. The number of hydrogen-bond acceptors (Lipinski definition) is 4. The number of carbonyl (C=O) groups excluding carboxylic acids is 3. The fourth-order valence-corrected chi connectivity index (χ4v) is 3.17. The van der Waals surface area contributed by atoms with Gasteiger partial charge in [-0.05, 0) is 35.9 Å². The van der Waals surface area contributed by atoms with Crippen molar-refractivity contribution in [1.82, 2.24) is 15.5 Å². The smallest absolute Gasteiger partial charge is 0.309 e. The summed E-state index contributed by atoms with van der Waals surface area (Å²) in [6.07, 6.45) is -0.654. The fraction of sp³-hybridized carbons (Fsp3) is 0.250. The van der Waals surface area contributed by atoms with Crippen LogP contribution in [0, 0.1) is 0 Å². The number of hydrogen-bond donors (Lipinski definition) is 2. The summed E-state index contributed by atoms with van der Waals surface area (Å²) < 4.78 is 5.52. The van der Waals surface area contributed by atoms with Crippen LogP contribution in [0.25, 0.3) is 0 Å². The Labute approximate surface area is 177 Å². The molecule has 0 saturated carbocycles. The minimum absolute atomic E-state index is 0.00231. The van der Waals surface area contributed by atoms with Crippen molar-refractivity contribution in [3.63, 3.8) is 0 Å². The van der Waals surface area contributed by atoms with E-state index in [1.807, 2.05) is 0 Å². The van der Waals surface area contributed by atoms with Gasteiger partial charge >= 0.3 is 11.8 Å². The van der Waals surface area contributed by atoms with Gasteiger partial charge < -0.3 is 20.3 Å². The van der Waals surface area contributed by atoms with Crippen LogP contribution < -0.4 is 10.6 Å². The molecular formula is C20H19Cl2N3O4. The molecule has 9 heteroatoms. The first-order valence-corrected chi connectivity index (χ1v) is 9.69. The molecule has 2 aromatic rings. The van der Waals surface area contributed by atoms with Gasteiger partial charge in [0.2, 0.25) is 0 Å². The zero-order chi connectivity index (χ0) is 20.8. The average Bonchev–Trinajstić information content (AvgIpc) is 3.19. The highest BCUT2D eigenvalue weighted by Crippen LogP contribution is 2.17. The Morgan fingerprint density at radius 2 is 1.69 bits per heavy atom. The standard InChI is InChI=1S/C20H19Cl2N3O4/c21-15-7-5-13(6-8-15)20(28)25-9-10-29-17(25)12-24-19(27)18(26)23-11-14-3-1-2-4-16(14)22/h1-8,17H,9-12H2,(H,23,26)(H,24,27)/t17-/m1/s1. The number of amides is 3. The SMILES string of the molecule is O=C(NCc1ccccc1Cl)C(=O)NC[C@H]1OCCN1C(=O)c1ccc(Cl)cc1. The molecule has 3 rings (SSSR count). The Morgan fingerprint density at radius 3 is 2.41 bits per heavy atom. The molecule has 1 heterocycles. The minimum atomic E-state index is -0.813. The van der Waals surface area contributed by atoms with E-state index < -0.39 is 18.0 Å². The van der Waals surface area contributed by atoms with Gasteiger partial charge in [0, 0.05) is 28.7 Å². The number of nitrogens with zero attached hydrogens (tertiary/aromatic N) is 1. The third-order valence-electron chi connectivity index (χ3n) is 4.38. The Hall–Kier alpha value is -2.61. The molecule has 1 fully saturated rings. The molecule has 0 aliphatic carbocycles. The molecule has 1 saturated heterocycles. The van der Waals surface area contributed by atoms with E-state index in [2.05, 4.69) is 10.6 Å². The Balaban J connectivity index is 1.50. The van der Waals surface area contributed by atoms with Gasteiger partial charge in [0.15, 0.2) is 0 Å². The van der Waals surface area contributed by atoms with Gasteiger partial charge in [-0.3, -0.25) is 14.4 Å². The molecule has 29 heavy (non-hydrogen) atoms. The first-order valence-electron chi connectivity index (χ1n) is 8.93. The van der Waals surface area contributed by atoms with E-state index in [1.165, 1.54) is 4.90 Å². The molecular weight excluding hydrogens is 417 g/mol. The highest BCUT2D eigenvalue weighted by Gasteiger charge is 2.31. The van der Waals surface area contributed by atoms with Gasteiger partial charge in [-0.1, -0.05) is 41.4 Å². The van der Waals surface area contributed by atoms with Gasteiger partial charge in [0.25, 0.3) is 5.91 Å². The van der Waals surface area contributed by atoms with E-state index in [9.17, 15) is 14.4 Å². The lowest BCUT2D eigenvalue weighted by Crippen LogP contribution is -2.47. The van der Waals surface area contributed by atoms with E-state index in [1.54, 1.807) is 48.5 Å². The van der Waals surface area contributed by atoms with E-state index in [0.717, 1.165) is 0 Å². The second-order valence-electron chi connectivity index (χ2n) is 6.31. The highest BCUT2D eigenvalue weighted by molar-refractivity contribution is 6.35. The highest BCUT2D eigenvalue weighted by atomic mass is 35.5. The summed E-state index contributed by atoms with van der Waals surface area (Å²) in [5.74, 6) is -1.84. The van der Waals surface area contributed by atoms with Gasteiger partial charge in [-0.2, -0.15) is 0 Å². The van der Waals surface area contributed by atoms with Gasteiger partial charge in [0.1, 0.15) is 6.23 Å². The number of benzene rings is 2. The molecule has 1 atom stereocenters. The van der Waals surface area contributed by atoms with Crippen LogP contribution in [0.2, 0.25) is 10.0 Å². The predicted octanol–water partition coefficient (Wildman–Crippen LogP) is 2.22. The molecule has 0 aromatic heterocycles. The van der Waals surface area contributed by atoms with Crippen LogP contribution in [0.5, 0.6) is 0 Å². The average molecular weight is 436 g/mol. The maximum atomic E-state index is 12.6. The molecule has 2 aromatic carbocycles. The fourth-order valence-electron chi connectivity index (χ4n) is 2.84. The van der Waals surface area contributed by atoms with Crippen molar-refractivity contribution in [2.24, 2.45) is 0 Å². The van der Waals surface area contributed by atoms with Crippen molar-refractivity contribution in [1.29, 1.82) is 0 Å². The predicted molar refractivity (Wildman–Crippen MR) is 109 cm³/mol. The number of ether oxygens (including phenoxy) is 1. The summed E-state index contributed by atoms with van der Waals surface area (Å²) in [6, 6.07) is 13.5. The largest absolute Gasteiger partial charge is 0.355 e. The lowest BCUT2D eigenvalue weighted by atomic mass is 10.2. The zero-order valence-electron chi connectivity index (χ0n) is 15.4. The molecule has 2 N–H and O–H groups in total. The van der Waals surface area contributed by atoms with Crippen LogP contribution in [0.15, 0.2) is 48.5 Å². The van der Waals surface area contributed by atoms with Gasteiger partial charge in [0.05, 0.1) is 13.2 Å². The van der Waals surface area contributed by atoms with E-state index in [-0.39, 0.29) is 19.0 Å². The lowest BCUT2D eigenvalue weighted by Gasteiger charge is -2.23. The quantitative estimate of drug-likeness (QED) is 0.704. The number of halogens is 2. The molecule has 3 amide bonds. The van der Waals surface area contributed by atoms with Gasteiger partial charge in [-0.25, -0.2) is 0 Å². The summed E-state index contributed by atoms with van der Waals surface area (Å²) in [5, 5.41) is 6.04. The summed E-state index contributed by atoms with van der Waals surface area (Å²) >= 11 is 11.9. The maximum absolute atomic E-state index is 12.6. The topological polar surface area (TPSA) is 87.7 Å². The van der Waals surface area contributed by atoms with Crippen molar-refractivity contribution in [2.75, 3.05) is 19.7 Å². The van der Waals surface area contributed by atoms with Gasteiger partial charge in [-0.15, -0.1) is 0 Å². The zero-order valence-corrected chi connectivity index (χ0v) is 16.9. The summed E-state index contributed by atoms with van der Waals surface area (Å²) in [4.78, 5) is 38.2. The summed E-state index contributed by atoms with van der Waals surface area (Å²) in [7, 11) is 0. The van der Waals surface area contributed by atoms with Crippen molar-refractivity contribution >= 4 is 40.9 Å². The molecule has 7 nitrogen and oxygen atoms in total. The third-order valence-corrected chi connectivity index (χ3v) is 5.00. The van der Waals surface area contributed by atoms with E-state index >= 15 is 0 Å². The molecule has 0 radical (unpaired) electrons. The van der Waals surface area contributed by atoms with E-state index in [0.29, 0.717) is 34.3 Å². The first-order chi connectivity index (χ1) is 14.0. The minimum Gasteiger partial charge on any atom is -0.355 e. The number of carbonyl (C=O) groups is 3. The van der Waals surface area contributed by atoms with Crippen LogP contribution in [-0.2, 0) is 20.9 Å². The third kappa shape index (κ3) is 5.47. The summed E-state index contributed by atoms with van der Waals surface area (Å²) in [5.41, 5.74) is 1.17. The van der Waals surface area contributed by atoms with Crippen LogP contribution in [0.3, 0.4) is 0 Å². The van der Waals surface area contributed by atoms with Crippen LogP contribution >= 0.6 is 23.2 Å². The van der Waals surface area contributed by atoms with Crippen molar-refractivity contribution in [2.45, 2.75) is 12.8 Å². The van der Waals surface area contributed by atoms with Crippen molar-refractivity contribution in [3.8, 4) is 0 Å². The van der Waals surface area contributed by atoms with E-state index in [4.69, 9.17) is 27.9 Å². The summed E-state index contributed by atoms with van der Waals surface area (Å²) in [6.45, 7) is 0.865. The number of nitrogens with one attached hydrogen (secondary N) is 2. The van der Waals surface area contributed by atoms with Crippen LogP contribution in [0.4, 0.5) is 0 Å². The second kappa shape index (κ2) is 9.73. The monoisotopic (exact) mass is 435 g/mol. The second-order valence-corrected chi connectivity index (χ2v) is 7.16. The Morgan fingerprint density at radius 1 is 1.00 bits per heavy atom. The molecule has 0 spiro atoms. The lowest BCUT2D eigenvalue weighted by molar-refractivity contribution is -0.139. The molecule has 152 valence electrons. The molecule has 0 bridgehead atoms. The van der Waals surface area contributed by atoms with Crippen LogP contribution in [0.1, 0.15) is 15.9 Å². The number of rotatable bonds is 5. The first kappa shape index (κ1) is 21.1. The van der Waals surface area contributed by atoms with Crippen molar-refractivity contribution in [3.05, 3.63) is 69.7 Å². The maximum Gasteiger partial charge on any atom is 0.309 e. The van der Waals surface area contributed by atoms with Crippen LogP contribution in [-0.4, -0.2) is 48.5 Å². The normalized spacial score (nSPS) is 15.8. The van der Waals surface area contributed by atoms with Crippen molar-refractivity contribution < 1.29 is 19.1 Å². The Bertz CT molecular complexity index is 905. The molecule has 1 aliphatic heterocycles. The Kier molecular flexibility index (Phi) is 7.09.